The van der Waals surface area contributed by atoms with Gasteiger partial charge in [0.05, 0.1) is 6.04 Å². The molecular weight excluding hydrogens is 276 g/mol. The quantitative estimate of drug-likeness (QED) is 0.774. The number of amidine groups is 1. The molecule has 118 valence electrons. The third kappa shape index (κ3) is 2.44. The average molecular weight is 307 g/mol. The zero-order valence-corrected chi connectivity index (χ0v) is 14.9. The second kappa shape index (κ2) is 4.43. The Morgan fingerprint density at radius 1 is 1.05 bits per heavy atom. The minimum absolute atomic E-state index is 0.356. The van der Waals surface area contributed by atoms with Gasteiger partial charge in [0.15, 0.2) is 5.17 Å². The topological polar surface area (TPSA) is 24.4 Å². The normalized spacial score (nSPS) is 55.4. The van der Waals surface area contributed by atoms with Gasteiger partial charge in [-0.05, 0) is 68.1 Å². The van der Waals surface area contributed by atoms with Crippen LogP contribution in [0.4, 0.5) is 0 Å². The molecule has 4 saturated carbocycles. The zero-order valence-electron chi connectivity index (χ0n) is 14.0. The Balaban J connectivity index is 1.59. The second-order valence-electron chi connectivity index (χ2n) is 9.50. The molecule has 3 heteroatoms. The lowest BCUT2D eigenvalue weighted by atomic mass is 9.43. The number of rotatable bonds is 1. The van der Waals surface area contributed by atoms with Crippen LogP contribution in [0, 0.1) is 22.7 Å². The van der Waals surface area contributed by atoms with Gasteiger partial charge in [-0.15, -0.1) is 0 Å². The Kier molecular flexibility index (Phi) is 3.04. The maximum atomic E-state index is 4.95. The molecule has 5 aliphatic rings. The molecule has 0 aromatic carbocycles. The van der Waals surface area contributed by atoms with E-state index in [-0.39, 0.29) is 0 Å². The summed E-state index contributed by atoms with van der Waals surface area (Å²) in [6.07, 6.45) is 8.53. The molecule has 1 heterocycles. The van der Waals surface area contributed by atoms with Gasteiger partial charge in [-0.1, -0.05) is 32.5 Å². The van der Waals surface area contributed by atoms with E-state index in [1.807, 2.05) is 11.8 Å². The molecule has 0 spiro atoms. The van der Waals surface area contributed by atoms with Crippen LogP contribution < -0.4 is 5.32 Å². The van der Waals surface area contributed by atoms with Crippen LogP contribution in [0.2, 0.25) is 0 Å². The van der Waals surface area contributed by atoms with Gasteiger partial charge in [-0.2, -0.15) is 0 Å². The van der Waals surface area contributed by atoms with Crippen LogP contribution >= 0.6 is 11.8 Å². The number of hydrogen-bond acceptors (Lipinski definition) is 3. The maximum Gasteiger partial charge on any atom is 0.157 e. The third-order valence-corrected chi connectivity index (χ3v) is 7.80. The SMILES string of the molecule is CC1CSC(NC23CC4CC(C)(CC(C)(C4)C2)C3)=NC1C. The Labute approximate surface area is 133 Å². The minimum Gasteiger partial charge on any atom is -0.359 e. The summed E-state index contributed by atoms with van der Waals surface area (Å²) in [5.74, 6) is 2.89. The van der Waals surface area contributed by atoms with Crippen molar-refractivity contribution in [1.29, 1.82) is 0 Å². The van der Waals surface area contributed by atoms with Crippen LogP contribution in [0.3, 0.4) is 0 Å². The lowest BCUT2D eigenvalue weighted by molar-refractivity contribution is -0.111. The summed E-state index contributed by atoms with van der Waals surface area (Å²) in [5.41, 5.74) is 1.52. The van der Waals surface area contributed by atoms with E-state index in [0.717, 1.165) is 5.92 Å². The van der Waals surface area contributed by atoms with Crippen molar-refractivity contribution < 1.29 is 0 Å². The number of thioether (sulfide) groups is 1. The average Bonchev–Trinajstić information content (AvgIpc) is 2.28. The van der Waals surface area contributed by atoms with Crippen molar-refractivity contribution in [3.63, 3.8) is 0 Å². The van der Waals surface area contributed by atoms with Crippen molar-refractivity contribution in [2.45, 2.75) is 77.8 Å². The lowest BCUT2D eigenvalue weighted by Crippen LogP contribution is -2.65. The molecule has 0 aromatic heterocycles. The molecule has 0 radical (unpaired) electrons. The van der Waals surface area contributed by atoms with E-state index in [4.69, 9.17) is 4.99 Å². The molecule has 0 saturated heterocycles. The fourth-order valence-corrected chi connectivity index (χ4v) is 7.81. The fraction of sp³-hybridized carbons (Fsp3) is 0.944. The van der Waals surface area contributed by atoms with E-state index in [2.05, 4.69) is 33.0 Å². The summed E-state index contributed by atoms with van der Waals surface area (Å²) in [4.78, 5) is 4.95. The molecule has 2 nitrogen and oxygen atoms in total. The van der Waals surface area contributed by atoms with Crippen molar-refractivity contribution in [3.8, 4) is 0 Å². The molecule has 4 fully saturated rings. The Morgan fingerprint density at radius 2 is 1.71 bits per heavy atom. The predicted molar refractivity (Wildman–Crippen MR) is 91.8 cm³/mol. The predicted octanol–water partition coefficient (Wildman–Crippen LogP) is 4.45. The molecule has 1 aliphatic heterocycles. The molecule has 4 aliphatic carbocycles. The van der Waals surface area contributed by atoms with E-state index < -0.39 is 0 Å². The van der Waals surface area contributed by atoms with E-state index in [1.165, 1.54) is 49.4 Å². The summed E-state index contributed by atoms with van der Waals surface area (Å²) < 4.78 is 0. The van der Waals surface area contributed by atoms with Gasteiger partial charge >= 0.3 is 0 Å². The van der Waals surface area contributed by atoms with Crippen LogP contribution in [0.25, 0.3) is 0 Å². The summed E-state index contributed by atoms with van der Waals surface area (Å²) >= 11 is 1.96. The summed E-state index contributed by atoms with van der Waals surface area (Å²) in [7, 11) is 0. The molecule has 4 atom stereocenters. The van der Waals surface area contributed by atoms with Crippen LogP contribution in [-0.2, 0) is 0 Å². The van der Waals surface area contributed by atoms with Crippen LogP contribution in [0.1, 0.15) is 66.2 Å². The largest absolute Gasteiger partial charge is 0.359 e. The van der Waals surface area contributed by atoms with Gasteiger partial charge in [-0.3, -0.25) is 4.99 Å². The highest BCUT2D eigenvalue weighted by Crippen LogP contribution is 2.66. The monoisotopic (exact) mass is 306 g/mol. The van der Waals surface area contributed by atoms with Gasteiger partial charge in [0.25, 0.3) is 0 Å². The van der Waals surface area contributed by atoms with Crippen molar-refractivity contribution in [2.75, 3.05) is 5.75 Å². The van der Waals surface area contributed by atoms with Gasteiger partial charge < -0.3 is 5.32 Å². The van der Waals surface area contributed by atoms with Crippen molar-refractivity contribution in [1.82, 2.24) is 5.32 Å². The second-order valence-corrected chi connectivity index (χ2v) is 10.5. The standard InChI is InChI=1S/C18H30N2S/c1-12-8-21-15(19-13(12)2)20-18-7-14-5-16(3,10-18)9-17(4,6-14)11-18/h12-14H,5-11H2,1-4H3,(H,19,20). The first-order chi connectivity index (χ1) is 9.79. The Hall–Kier alpha value is -0.180. The molecule has 1 N–H and O–H groups in total. The van der Waals surface area contributed by atoms with Gasteiger partial charge in [-0.25, -0.2) is 0 Å². The molecule has 0 amide bonds. The number of nitrogens with one attached hydrogen (secondary N) is 1. The molecule has 21 heavy (non-hydrogen) atoms. The highest BCUT2D eigenvalue weighted by molar-refractivity contribution is 8.13. The smallest absolute Gasteiger partial charge is 0.157 e. The fourth-order valence-electron chi connectivity index (χ4n) is 6.58. The first kappa shape index (κ1) is 14.4. The van der Waals surface area contributed by atoms with Crippen LogP contribution in [0.5, 0.6) is 0 Å². The molecule has 4 unspecified atom stereocenters. The van der Waals surface area contributed by atoms with Gasteiger partial charge in [0.2, 0.25) is 0 Å². The maximum absolute atomic E-state index is 4.95. The number of hydrogen-bond donors (Lipinski definition) is 1. The van der Waals surface area contributed by atoms with Gasteiger partial charge in [0, 0.05) is 11.3 Å². The summed E-state index contributed by atoms with van der Waals surface area (Å²) in [5, 5.41) is 5.22. The minimum atomic E-state index is 0.356. The summed E-state index contributed by atoms with van der Waals surface area (Å²) in [6, 6.07) is 0.480. The Bertz CT molecular complexity index is 468. The highest BCUT2D eigenvalue weighted by atomic mass is 32.2. The van der Waals surface area contributed by atoms with Gasteiger partial charge in [0.1, 0.15) is 0 Å². The molecule has 5 rings (SSSR count). The third-order valence-electron chi connectivity index (χ3n) is 6.63. The van der Waals surface area contributed by atoms with Crippen LogP contribution in [-0.4, -0.2) is 22.5 Å². The number of nitrogens with zero attached hydrogens (tertiary/aromatic N) is 1. The number of aliphatic imine (C=N–C) groups is 1. The highest BCUT2D eigenvalue weighted by Gasteiger charge is 2.60. The van der Waals surface area contributed by atoms with E-state index in [9.17, 15) is 0 Å². The van der Waals surface area contributed by atoms with Crippen molar-refractivity contribution in [2.24, 2.45) is 27.7 Å². The van der Waals surface area contributed by atoms with Crippen LogP contribution in [0.15, 0.2) is 4.99 Å². The zero-order chi connectivity index (χ0) is 14.9. The molecular formula is C18H30N2S. The van der Waals surface area contributed by atoms with E-state index >= 15 is 0 Å². The lowest BCUT2D eigenvalue weighted by Gasteiger charge is -2.65. The Morgan fingerprint density at radius 3 is 2.29 bits per heavy atom. The van der Waals surface area contributed by atoms with Crippen molar-refractivity contribution in [3.05, 3.63) is 0 Å². The molecule has 4 bridgehead atoms. The summed E-state index contributed by atoms with van der Waals surface area (Å²) in [6.45, 7) is 9.69. The van der Waals surface area contributed by atoms with Crippen molar-refractivity contribution >= 4 is 16.9 Å². The first-order valence-electron chi connectivity index (χ1n) is 8.78. The first-order valence-corrected chi connectivity index (χ1v) is 9.76. The van der Waals surface area contributed by atoms with E-state index in [0.29, 0.717) is 28.3 Å². The van der Waals surface area contributed by atoms with E-state index in [1.54, 1.807) is 0 Å². The molecule has 0 aromatic rings.